The van der Waals surface area contributed by atoms with Crippen LogP contribution < -0.4 is 0 Å². The van der Waals surface area contributed by atoms with Gasteiger partial charge in [0.1, 0.15) is 0 Å². The van der Waals surface area contributed by atoms with Crippen molar-refractivity contribution in [3.63, 3.8) is 0 Å². The van der Waals surface area contributed by atoms with Gasteiger partial charge in [-0.3, -0.25) is 10.1 Å². The number of methoxy groups -OCH3 is 1. The molecule has 1 heterocycles. The van der Waals surface area contributed by atoms with Gasteiger partial charge in [-0.05, 0) is 0 Å². The highest BCUT2D eigenvalue weighted by Gasteiger charge is 2.17. The summed E-state index contributed by atoms with van der Waals surface area (Å²) in [4.78, 5) is 13.5. The predicted molar refractivity (Wildman–Crippen MR) is 51.6 cm³/mol. The molecular weight excluding hydrogens is 231 g/mol. The molecule has 1 aromatic heterocycles. The highest BCUT2D eigenvalue weighted by atomic mass is 35.5. The number of nitro groups is 1. The Morgan fingerprint density at radius 3 is 2.79 bits per heavy atom. The third-order valence-corrected chi connectivity index (χ3v) is 2.07. The molecule has 1 aromatic rings. The van der Waals surface area contributed by atoms with Gasteiger partial charge in [-0.1, -0.05) is 23.2 Å². The van der Waals surface area contributed by atoms with Gasteiger partial charge in [0.25, 0.3) is 0 Å². The van der Waals surface area contributed by atoms with E-state index in [1.54, 1.807) is 0 Å². The Kier molecular flexibility index (Phi) is 3.62. The van der Waals surface area contributed by atoms with Gasteiger partial charge in [0, 0.05) is 13.2 Å². The zero-order valence-electron chi connectivity index (χ0n) is 7.16. The van der Waals surface area contributed by atoms with E-state index in [-0.39, 0.29) is 22.5 Å². The summed E-state index contributed by atoms with van der Waals surface area (Å²) in [6.45, 7) is 0.163. The lowest BCUT2D eigenvalue weighted by Gasteiger charge is -2.02. The summed E-state index contributed by atoms with van der Waals surface area (Å²) >= 11 is 11.3. The minimum atomic E-state index is -0.641. The maximum absolute atomic E-state index is 10.4. The van der Waals surface area contributed by atoms with Crippen LogP contribution in [-0.2, 0) is 11.3 Å². The van der Waals surface area contributed by atoms with Gasteiger partial charge in [-0.15, -0.1) is 0 Å². The fraction of sp³-hybridized carbons (Fsp3) is 0.286. The molecule has 0 aliphatic heterocycles. The Morgan fingerprint density at radius 1 is 1.64 bits per heavy atom. The maximum Gasteiger partial charge on any atom is 0.307 e. The second-order valence-electron chi connectivity index (χ2n) is 2.42. The van der Waals surface area contributed by atoms with E-state index < -0.39 is 4.92 Å². The molecule has 0 atom stereocenters. The van der Waals surface area contributed by atoms with Crippen molar-refractivity contribution in [2.45, 2.75) is 6.61 Å². The van der Waals surface area contributed by atoms with Crippen LogP contribution in [0.4, 0.5) is 5.69 Å². The molecule has 0 radical (unpaired) electrons. The lowest BCUT2D eigenvalue weighted by molar-refractivity contribution is -0.385. The first-order valence-electron chi connectivity index (χ1n) is 3.54. The lowest BCUT2D eigenvalue weighted by atomic mass is 10.3. The van der Waals surface area contributed by atoms with Crippen molar-refractivity contribution < 1.29 is 9.66 Å². The second kappa shape index (κ2) is 4.54. The van der Waals surface area contributed by atoms with Crippen LogP contribution in [0.1, 0.15) is 5.69 Å². The zero-order chi connectivity index (χ0) is 10.7. The van der Waals surface area contributed by atoms with Crippen LogP contribution in [0.15, 0.2) is 6.07 Å². The summed E-state index contributed by atoms with van der Waals surface area (Å²) in [5.41, 5.74) is 0.0706. The predicted octanol–water partition coefficient (Wildman–Crippen LogP) is 2.44. The van der Waals surface area contributed by atoms with Crippen molar-refractivity contribution in [1.82, 2.24) is 4.98 Å². The molecule has 0 bridgehead atoms. The fourth-order valence-electron chi connectivity index (χ4n) is 0.858. The molecule has 0 fully saturated rings. The van der Waals surface area contributed by atoms with Gasteiger partial charge in [0.05, 0.1) is 22.2 Å². The summed E-state index contributed by atoms with van der Waals surface area (Å²) in [5, 5.41) is 10.4. The fourth-order valence-corrected chi connectivity index (χ4v) is 1.28. The van der Waals surface area contributed by atoms with Gasteiger partial charge >= 0.3 is 5.69 Å². The first kappa shape index (κ1) is 11.2. The van der Waals surface area contributed by atoms with Crippen molar-refractivity contribution in [3.05, 3.63) is 32.1 Å². The largest absolute Gasteiger partial charge is 0.378 e. The van der Waals surface area contributed by atoms with Crippen LogP contribution in [0.2, 0.25) is 10.2 Å². The van der Waals surface area contributed by atoms with Crippen molar-refractivity contribution in [2.75, 3.05) is 7.11 Å². The van der Waals surface area contributed by atoms with Crippen molar-refractivity contribution in [3.8, 4) is 0 Å². The molecule has 7 heteroatoms. The zero-order valence-corrected chi connectivity index (χ0v) is 8.67. The quantitative estimate of drug-likeness (QED) is 0.460. The van der Waals surface area contributed by atoms with E-state index in [0.29, 0.717) is 5.69 Å². The topological polar surface area (TPSA) is 65.3 Å². The third kappa shape index (κ3) is 2.31. The smallest absolute Gasteiger partial charge is 0.307 e. The third-order valence-electron chi connectivity index (χ3n) is 1.46. The molecule has 0 amide bonds. The van der Waals surface area contributed by atoms with Crippen LogP contribution in [0, 0.1) is 10.1 Å². The number of pyridine rings is 1. The summed E-state index contributed by atoms with van der Waals surface area (Å²) in [6.07, 6.45) is 0. The SMILES string of the molecule is COCc1nc(Cl)c([N+](=O)[O-])cc1Cl. The number of rotatable bonds is 3. The molecule has 5 nitrogen and oxygen atoms in total. The number of hydrogen-bond acceptors (Lipinski definition) is 4. The first-order valence-corrected chi connectivity index (χ1v) is 4.30. The van der Waals surface area contributed by atoms with Crippen LogP contribution in [0.25, 0.3) is 0 Å². The number of hydrogen-bond donors (Lipinski definition) is 0. The van der Waals surface area contributed by atoms with E-state index in [4.69, 9.17) is 27.9 Å². The standard InChI is InChI=1S/C7H6Cl2N2O3/c1-14-3-5-4(8)2-6(11(12)13)7(9)10-5/h2H,3H2,1H3. The van der Waals surface area contributed by atoms with Crippen LogP contribution in [0.5, 0.6) is 0 Å². The molecule has 0 aliphatic carbocycles. The average molecular weight is 237 g/mol. The Bertz CT molecular complexity index is 370. The highest BCUT2D eigenvalue weighted by molar-refractivity contribution is 6.34. The molecule has 0 unspecified atom stereocenters. The molecule has 76 valence electrons. The molecule has 0 saturated heterocycles. The summed E-state index contributed by atoms with van der Waals surface area (Å²) in [7, 11) is 1.47. The molecule has 14 heavy (non-hydrogen) atoms. The molecule has 0 saturated carbocycles. The van der Waals surface area contributed by atoms with Gasteiger partial charge in [0.2, 0.25) is 5.15 Å². The summed E-state index contributed by atoms with van der Waals surface area (Å²) in [5.74, 6) is 0. The lowest BCUT2D eigenvalue weighted by Crippen LogP contribution is -1.98. The highest BCUT2D eigenvalue weighted by Crippen LogP contribution is 2.27. The average Bonchev–Trinajstić information content (AvgIpc) is 2.10. The first-order chi connectivity index (χ1) is 6.56. The Balaban J connectivity index is 3.17. The summed E-state index contributed by atoms with van der Waals surface area (Å²) < 4.78 is 4.79. The molecular formula is C7H6Cl2N2O3. The number of ether oxygens (including phenoxy) is 1. The van der Waals surface area contributed by atoms with E-state index in [1.165, 1.54) is 7.11 Å². The normalized spacial score (nSPS) is 10.2. The Labute approximate surface area is 89.8 Å². The van der Waals surface area contributed by atoms with Gasteiger partial charge in [0.15, 0.2) is 0 Å². The van der Waals surface area contributed by atoms with Crippen molar-refractivity contribution in [1.29, 1.82) is 0 Å². The minimum Gasteiger partial charge on any atom is -0.378 e. The molecule has 0 aromatic carbocycles. The molecule has 1 rings (SSSR count). The van der Waals surface area contributed by atoms with E-state index in [9.17, 15) is 10.1 Å². The van der Waals surface area contributed by atoms with Crippen LogP contribution in [-0.4, -0.2) is 17.0 Å². The van der Waals surface area contributed by atoms with E-state index >= 15 is 0 Å². The van der Waals surface area contributed by atoms with Crippen molar-refractivity contribution in [2.24, 2.45) is 0 Å². The molecule has 0 N–H and O–H groups in total. The summed E-state index contributed by atoms with van der Waals surface area (Å²) in [6, 6.07) is 1.16. The Morgan fingerprint density at radius 2 is 2.29 bits per heavy atom. The number of nitrogens with zero attached hydrogens (tertiary/aromatic N) is 2. The number of halogens is 2. The molecule has 0 spiro atoms. The monoisotopic (exact) mass is 236 g/mol. The Hall–Kier alpha value is -0.910. The number of aromatic nitrogens is 1. The van der Waals surface area contributed by atoms with E-state index in [2.05, 4.69) is 4.98 Å². The maximum atomic E-state index is 10.4. The molecule has 0 aliphatic rings. The van der Waals surface area contributed by atoms with E-state index in [1.807, 2.05) is 0 Å². The van der Waals surface area contributed by atoms with E-state index in [0.717, 1.165) is 6.07 Å². The van der Waals surface area contributed by atoms with Crippen LogP contribution >= 0.6 is 23.2 Å². The minimum absolute atomic E-state index is 0.163. The second-order valence-corrected chi connectivity index (χ2v) is 3.18. The van der Waals surface area contributed by atoms with Gasteiger partial charge < -0.3 is 4.74 Å². The van der Waals surface area contributed by atoms with Gasteiger partial charge in [-0.25, -0.2) is 4.98 Å². The van der Waals surface area contributed by atoms with Gasteiger partial charge in [-0.2, -0.15) is 0 Å². The van der Waals surface area contributed by atoms with Crippen molar-refractivity contribution >= 4 is 28.9 Å². The van der Waals surface area contributed by atoms with Crippen LogP contribution in [0.3, 0.4) is 0 Å².